The Kier molecular flexibility index (Phi) is 5.28. The fraction of sp³-hybridized carbons (Fsp3) is 0.214. The molecule has 0 radical (unpaired) electrons. The Labute approximate surface area is 128 Å². The monoisotopic (exact) mass is 357 g/mol. The van der Waals surface area contributed by atoms with Crippen LogP contribution in [0.2, 0.25) is 0 Å². The predicted octanol–water partition coefficient (Wildman–Crippen LogP) is 3.77. The number of hydrogen-bond donors (Lipinski definition) is 1. The average Bonchev–Trinajstić information content (AvgIpc) is 2.86. The number of carbonyl (C=O) groups excluding carboxylic acids is 1. The highest BCUT2D eigenvalue weighted by atomic mass is 79.9. The number of ether oxygens (including phenoxy) is 1. The quantitative estimate of drug-likeness (QED) is 0.884. The number of benzene rings is 1. The van der Waals surface area contributed by atoms with Crippen molar-refractivity contribution in [2.75, 3.05) is 13.7 Å². The van der Waals surface area contributed by atoms with Gasteiger partial charge in [-0.15, -0.1) is 11.3 Å². The summed E-state index contributed by atoms with van der Waals surface area (Å²) >= 11 is 4.66. The van der Waals surface area contributed by atoms with Crippen LogP contribution in [0.3, 0.4) is 0 Å². The van der Waals surface area contributed by atoms with Crippen LogP contribution in [0, 0.1) is 5.82 Å². The third kappa shape index (κ3) is 3.88. The van der Waals surface area contributed by atoms with Crippen molar-refractivity contribution in [2.45, 2.75) is 6.10 Å². The molecule has 2 rings (SSSR count). The number of amides is 1. The van der Waals surface area contributed by atoms with Crippen molar-refractivity contribution < 1.29 is 13.9 Å². The normalized spacial score (nSPS) is 12.2. The summed E-state index contributed by atoms with van der Waals surface area (Å²) in [6.07, 6.45) is -0.377. The molecule has 0 saturated carbocycles. The topological polar surface area (TPSA) is 38.3 Å². The van der Waals surface area contributed by atoms with Gasteiger partial charge in [0.25, 0.3) is 5.91 Å². The Morgan fingerprint density at radius 2 is 2.30 bits per heavy atom. The van der Waals surface area contributed by atoms with Crippen molar-refractivity contribution in [3.63, 3.8) is 0 Å². The molecule has 1 aromatic carbocycles. The smallest absolute Gasteiger partial charge is 0.261 e. The molecule has 0 aliphatic heterocycles. The average molecular weight is 358 g/mol. The van der Waals surface area contributed by atoms with Crippen molar-refractivity contribution in [2.24, 2.45) is 0 Å². The van der Waals surface area contributed by atoms with Crippen molar-refractivity contribution in [1.29, 1.82) is 0 Å². The SMILES string of the molecule is CO[C@H](CNC(=O)c1cc(Br)cs1)c1cccc(F)c1. The highest BCUT2D eigenvalue weighted by Crippen LogP contribution is 2.20. The zero-order valence-corrected chi connectivity index (χ0v) is 13.1. The van der Waals surface area contributed by atoms with Crippen molar-refractivity contribution >= 4 is 33.2 Å². The summed E-state index contributed by atoms with van der Waals surface area (Å²) in [6, 6.07) is 7.92. The van der Waals surface area contributed by atoms with E-state index in [9.17, 15) is 9.18 Å². The number of hydrogen-bond acceptors (Lipinski definition) is 3. The summed E-state index contributed by atoms with van der Waals surface area (Å²) in [4.78, 5) is 12.5. The molecule has 3 nitrogen and oxygen atoms in total. The van der Waals surface area contributed by atoms with Crippen LogP contribution in [0.25, 0.3) is 0 Å². The van der Waals surface area contributed by atoms with Crippen LogP contribution < -0.4 is 5.32 Å². The molecule has 2 aromatic rings. The van der Waals surface area contributed by atoms with Gasteiger partial charge in [0.1, 0.15) is 5.82 Å². The molecule has 1 amide bonds. The van der Waals surface area contributed by atoms with Crippen LogP contribution in [0.15, 0.2) is 40.2 Å². The molecule has 0 aliphatic rings. The number of halogens is 2. The van der Waals surface area contributed by atoms with E-state index >= 15 is 0 Å². The van der Waals surface area contributed by atoms with E-state index in [0.717, 1.165) is 4.47 Å². The fourth-order valence-corrected chi connectivity index (χ4v) is 3.09. The molecule has 0 aliphatic carbocycles. The van der Waals surface area contributed by atoms with Gasteiger partial charge in [0.15, 0.2) is 0 Å². The van der Waals surface area contributed by atoms with E-state index in [-0.39, 0.29) is 24.4 Å². The van der Waals surface area contributed by atoms with Crippen LogP contribution >= 0.6 is 27.3 Å². The van der Waals surface area contributed by atoms with Crippen molar-refractivity contribution in [3.05, 3.63) is 56.4 Å². The Morgan fingerprint density at radius 3 is 2.90 bits per heavy atom. The van der Waals surface area contributed by atoms with Gasteiger partial charge in [-0.1, -0.05) is 12.1 Å². The van der Waals surface area contributed by atoms with Crippen molar-refractivity contribution in [1.82, 2.24) is 5.32 Å². The first-order valence-electron chi connectivity index (χ1n) is 5.90. The Hall–Kier alpha value is -1.24. The van der Waals surface area contributed by atoms with Gasteiger partial charge in [0, 0.05) is 23.5 Å². The minimum atomic E-state index is -0.377. The maximum Gasteiger partial charge on any atom is 0.261 e. The van der Waals surface area contributed by atoms with Gasteiger partial charge in [-0.2, -0.15) is 0 Å². The molecule has 0 unspecified atom stereocenters. The van der Waals surface area contributed by atoms with Crippen molar-refractivity contribution in [3.8, 4) is 0 Å². The molecule has 1 heterocycles. The van der Waals surface area contributed by atoms with Crippen LogP contribution in [-0.4, -0.2) is 19.6 Å². The number of thiophene rings is 1. The minimum absolute atomic E-state index is 0.167. The second kappa shape index (κ2) is 6.97. The van der Waals surface area contributed by atoms with Gasteiger partial charge < -0.3 is 10.1 Å². The summed E-state index contributed by atoms with van der Waals surface area (Å²) < 4.78 is 19.4. The fourth-order valence-electron chi connectivity index (χ4n) is 1.75. The lowest BCUT2D eigenvalue weighted by molar-refractivity contribution is 0.0830. The molecule has 1 aromatic heterocycles. The summed E-state index contributed by atoms with van der Waals surface area (Å²) in [6.45, 7) is 0.286. The van der Waals surface area contributed by atoms with E-state index in [1.807, 2.05) is 5.38 Å². The Balaban J connectivity index is 1.99. The van der Waals surface area contributed by atoms with Gasteiger partial charge >= 0.3 is 0 Å². The van der Waals surface area contributed by atoms with E-state index < -0.39 is 0 Å². The lowest BCUT2D eigenvalue weighted by Gasteiger charge is -2.16. The molecule has 1 atom stereocenters. The molecular weight excluding hydrogens is 345 g/mol. The molecule has 20 heavy (non-hydrogen) atoms. The van der Waals surface area contributed by atoms with E-state index in [1.165, 1.54) is 30.6 Å². The van der Waals surface area contributed by atoms with Gasteiger partial charge in [-0.25, -0.2) is 4.39 Å². The largest absolute Gasteiger partial charge is 0.375 e. The van der Waals surface area contributed by atoms with E-state index in [0.29, 0.717) is 10.4 Å². The zero-order valence-electron chi connectivity index (χ0n) is 10.7. The third-order valence-corrected chi connectivity index (χ3v) is 4.43. The predicted molar refractivity (Wildman–Crippen MR) is 80.5 cm³/mol. The minimum Gasteiger partial charge on any atom is -0.375 e. The number of nitrogens with one attached hydrogen (secondary N) is 1. The summed E-state index contributed by atoms with van der Waals surface area (Å²) in [5.41, 5.74) is 0.695. The maximum absolute atomic E-state index is 13.2. The molecule has 1 N–H and O–H groups in total. The standard InChI is InChI=1S/C14H13BrFNO2S/c1-19-12(9-3-2-4-11(16)5-9)7-17-14(18)13-6-10(15)8-20-13/h2-6,8,12H,7H2,1H3,(H,17,18)/t12-/m1/s1. The molecular formula is C14H13BrFNO2S. The highest BCUT2D eigenvalue weighted by molar-refractivity contribution is 9.10. The lowest BCUT2D eigenvalue weighted by Crippen LogP contribution is -2.28. The summed E-state index contributed by atoms with van der Waals surface area (Å²) in [5.74, 6) is -0.489. The molecule has 0 fully saturated rings. The van der Waals surface area contributed by atoms with Crippen LogP contribution in [0.5, 0.6) is 0 Å². The second-order valence-electron chi connectivity index (χ2n) is 4.12. The third-order valence-electron chi connectivity index (χ3n) is 2.74. The first-order chi connectivity index (χ1) is 9.60. The number of rotatable bonds is 5. The first kappa shape index (κ1) is 15.2. The van der Waals surface area contributed by atoms with Gasteiger partial charge in [0.05, 0.1) is 11.0 Å². The summed E-state index contributed by atoms with van der Waals surface area (Å²) in [7, 11) is 1.53. The highest BCUT2D eigenvalue weighted by Gasteiger charge is 2.14. The molecule has 106 valence electrons. The zero-order chi connectivity index (χ0) is 14.5. The Bertz CT molecular complexity index is 602. The molecule has 0 bridgehead atoms. The van der Waals surface area contributed by atoms with Gasteiger partial charge in [-0.05, 0) is 39.7 Å². The lowest BCUT2D eigenvalue weighted by atomic mass is 10.1. The number of carbonyl (C=O) groups is 1. The van der Waals surface area contributed by atoms with Crippen LogP contribution in [-0.2, 0) is 4.74 Å². The molecule has 0 saturated heterocycles. The Morgan fingerprint density at radius 1 is 1.50 bits per heavy atom. The van der Waals surface area contributed by atoms with Gasteiger partial charge in [-0.3, -0.25) is 4.79 Å². The van der Waals surface area contributed by atoms with Crippen LogP contribution in [0.4, 0.5) is 4.39 Å². The van der Waals surface area contributed by atoms with Crippen LogP contribution in [0.1, 0.15) is 21.3 Å². The molecule has 0 spiro atoms. The summed E-state index contributed by atoms with van der Waals surface area (Å²) in [5, 5.41) is 4.63. The van der Waals surface area contributed by atoms with Gasteiger partial charge in [0.2, 0.25) is 0 Å². The van der Waals surface area contributed by atoms with E-state index in [4.69, 9.17) is 4.74 Å². The number of methoxy groups -OCH3 is 1. The van der Waals surface area contributed by atoms with E-state index in [2.05, 4.69) is 21.2 Å². The molecule has 6 heteroatoms. The second-order valence-corrected chi connectivity index (χ2v) is 5.95. The maximum atomic E-state index is 13.2. The van der Waals surface area contributed by atoms with E-state index in [1.54, 1.807) is 18.2 Å². The first-order valence-corrected chi connectivity index (χ1v) is 7.58.